The SMILES string of the molecule is CC(O)C(NC(=O)C12CC3OC(=O)C1N(Cc1ccccc1C=CCc1ccccc1O)OC2C1OC(C2CC2)(C2CC2)OC31)C(=O)NCCO. The van der Waals surface area contributed by atoms with E-state index in [1.807, 2.05) is 48.6 Å². The molecule has 2 amide bonds. The molecule has 13 nitrogen and oxygen atoms in total. The molecule has 3 saturated heterocycles. The zero-order chi connectivity index (χ0) is 35.5. The Bertz CT molecular complexity index is 1700. The predicted octanol–water partition coefficient (Wildman–Crippen LogP) is 1.72. The molecule has 6 aliphatic rings. The summed E-state index contributed by atoms with van der Waals surface area (Å²) in [5, 5.41) is 36.9. The molecule has 8 atom stereocenters. The normalized spacial score (nSPS) is 31.9. The highest BCUT2D eigenvalue weighted by Crippen LogP contribution is 2.63. The fraction of sp³-hybridized carbons (Fsp3) is 0.553. The first kappa shape index (κ1) is 34.2. The number of ether oxygens (including phenoxy) is 3. The van der Waals surface area contributed by atoms with Crippen molar-refractivity contribution in [2.75, 3.05) is 13.2 Å². The van der Waals surface area contributed by atoms with E-state index in [1.165, 1.54) is 12.0 Å². The van der Waals surface area contributed by atoms with Gasteiger partial charge in [-0.05, 0) is 61.8 Å². The highest BCUT2D eigenvalue weighted by atomic mass is 16.8. The fourth-order valence-electron chi connectivity index (χ4n) is 8.64. The second-order valence-corrected chi connectivity index (χ2v) is 14.8. The number of aliphatic hydroxyl groups is 2. The van der Waals surface area contributed by atoms with Crippen molar-refractivity contribution in [1.82, 2.24) is 15.7 Å². The lowest BCUT2D eigenvalue weighted by Crippen LogP contribution is -2.71. The predicted molar refractivity (Wildman–Crippen MR) is 180 cm³/mol. The van der Waals surface area contributed by atoms with Gasteiger partial charge in [0.25, 0.3) is 0 Å². The first-order chi connectivity index (χ1) is 24.7. The smallest absolute Gasteiger partial charge is 0.327 e. The average molecular weight is 704 g/mol. The zero-order valence-electron chi connectivity index (χ0n) is 28.5. The summed E-state index contributed by atoms with van der Waals surface area (Å²) in [6.07, 6.45) is 4.02. The van der Waals surface area contributed by atoms with Gasteiger partial charge in [0.2, 0.25) is 11.8 Å². The van der Waals surface area contributed by atoms with Crippen LogP contribution in [0.25, 0.3) is 6.08 Å². The number of esters is 1. The number of benzene rings is 2. The van der Waals surface area contributed by atoms with Crippen molar-refractivity contribution in [2.24, 2.45) is 17.3 Å². The molecule has 6 fully saturated rings. The summed E-state index contributed by atoms with van der Waals surface area (Å²) in [6.45, 7) is 1.15. The molecule has 3 aliphatic carbocycles. The van der Waals surface area contributed by atoms with Crippen LogP contribution in [-0.2, 0) is 46.4 Å². The molecule has 2 aromatic carbocycles. The van der Waals surface area contributed by atoms with E-state index in [9.17, 15) is 29.7 Å². The van der Waals surface area contributed by atoms with Crippen molar-refractivity contribution in [1.29, 1.82) is 0 Å². The Labute approximate surface area is 295 Å². The first-order valence-electron chi connectivity index (χ1n) is 18.0. The molecule has 3 aliphatic heterocycles. The summed E-state index contributed by atoms with van der Waals surface area (Å²) in [5.41, 5.74) is 0.939. The number of phenols is 1. The molecule has 2 bridgehead atoms. The van der Waals surface area contributed by atoms with Crippen LogP contribution >= 0.6 is 0 Å². The van der Waals surface area contributed by atoms with Crippen molar-refractivity contribution < 1.29 is 48.8 Å². The van der Waals surface area contributed by atoms with Gasteiger partial charge >= 0.3 is 5.97 Å². The number of aromatic hydroxyl groups is 1. The Balaban J connectivity index is 1.13. The van der Waals surface area contributed by atoms with Crippen molar-refractivity contribution in [3.63, 3.8) is 0 Å². The van der Waals surface area contributed by atoms with Crippen LogP contribution in [0.4, 0.5) is 0 Å². The quantitative estimate of drug-likeness (QED) is 0.192. The van der Waals surface area contributed by atoms with E-state index in [4.69, 9.17) is 19.0 Å². The molecule has 2 aromatic rings. The molecule has 0 aromatic heterocycles. The molecule has 5 N–H and O–H groups in total. The third kappa shape index (κ3) is 5.93. The van der Waals surface area contributed by atoms with E-state index < -0.39 is 71.6 Å². The Hall–Kier alpha value is -3.85. The third-order valence-corrected chi connectivity index (χ3v) is 11.4. The monoisotopic (exact) mass is 703 g/mol. The highest BCUT2D eigenvalue weighted by Gasteiger charge is 2.78. The van der Waals surface area contributed by atoms with Gasteiger partial charge in [0, 0.05) is 24.8 Å². The maximum absolute atomic E-state index is 14.7. The van der Waals surface area contributed by atoms with E-state index in [2.05, 4.69) is 10.6 Å². The highest BCUT2D eigenvalue weighted by molar-refractivity contribution is 5.96. The Morgan fingerprint density at radius 3 is 2.39 bits per heavy atom. The van der Waals surface area contributed by atoms with Crippen LogP contribution in [0, 0.1) is 17.3 Å². The lowest BCUT2D eigenvalue weighted by molar-refractivity contribution is -0.235. The summed E-state index contributed by atoms with van der Waals surface area (Å²) >= 11 is 0. The van der Waals surface area contributed by atoms with Crippen LogP contribution < -0.4 is 10.6 Å². The average Bonchev–Trinajstić information content (AvgIpc) is 4.06. The van der Waals surface area contributed by atoms with Crippen LogP contribution in [0.5, 0.6) is 5.75 Å². The second kappa shape index (κ2) is 13.3. The van der Waals surface area contributed by atoms with Gasteiger partial charge < -0.3 is 40.2 Å². The number of amides is 2. The number of carbonyl (C=O) groups excluding carboxylic acids is 3. The molecule has 13 heteroatoms. The molecule has 272 valence electrons. The molecule has 3 heterocycles. The number of aliphatic hydroxyl groups excluding tert-OH is 2. The second-order valence-electron chi connectivity index (χ2n) is 14.8. The molecule has 0 radical (unpaired) electrons. The number of rotatable bonds is 13. The molecule has 8 unspecified atom stereocenters. The maximum atomic E-state index is 14.7. The van der Waals surface area contributed by atoms with E-state index in [0.29, 0.717) is 6.42 Å². The topological polar surface area (TPSA) is 176 Å². The van der Waals surface area contributed by atoms with E-state index in [0.717, 1.165) is 42.4 Å². The molecule has 51 heavy (non-hydrogen) atoms. The number of nitrogens with one attached hydrogen (secondary N) is 2. The summed E-state index contributed by atoms with van der Waals surface area (Å²) < 4.78 is 19.8. The Kier molecular flexibility index (Phi) is 8.92. The molecule has 3 saturated carbocycles. The standard InChI is InChI=1S/C38H45N3O10/c1-21(43)29(34(45)39-17-18-42)40-36(47)37-19-28-30-31(50-38(49-30,25-13-14-25)26-15-16-26)33(37)51-41(32(37)35(46)48-28)20-24-9-3-2-7-22(24)10-6-11-23-8-4-5-12-27(23)44/h2-10,12,21,25-26,28-33,42-44H,11,13-20H2,1H3,(H,39,45)(H,40,47). The van der Waals surface area contributed by atoms with Gasteiger partial charge in [-0.25, -0.2) is 0 Å². The number of hydrogen-bond acceptors (Lipinski definition) is 11. The number of hydrogen-bond donors (Lipinski definition) is 5. The third-order valence-electron chi connectivity index (χ3n) is 11.4. The van der Waals surface area contributed by atoms with Gasteiger partial charge in [-0.2, -0.15) is 5.06 Å². The first-order valence-corrected chi connectivity index (χ1v) is 18.0. The number of carbonyl (C=O) groups is 3. The van der Waals surface area contributed by atoms with Gasteiger partial charge in [-0.3, -0.25) is 19.2 Å². The minimum absolute atomic E-state index is 0.0562. The van der Waals surface area contributed by atoms with Crippen LogP contribution in [-0.4, -0.2) is 99.7 Å². The van der Waals surface area contributed by atoms with Crippen LogP contribution in [0.3, 0.4) is 0 Å². The number of allylic oxidation sites excluding steroid dienone is 1. The number of hydroxylamine groups is 2. The summed E-state index contributed by atoms with van der Waals surface area (Å²) in [4.78, 5) is 48.7. The lowest BCUT2D eigenvalue weighted by Gasteiger charge is -2.49. The van der Waals surface area contributed by atoms with Gasteiger partial charge in [0.15, 0.2) is 11.8 Å². The van der Waals surface area contributed by atoms with E-state index >= 15 is 0 Å². The van der Waals surface area contributed by atoms with Crippen LogP contribution in [0.15, 0.2) is 54.6 Å². The molecule has 8 rings (SSSR count). The van der Waals surface area contributed by atoms with Gasteiger partial charge in [0.05, 0.1) is 19.3 Å². The lowest BCUT2D eigenvalue weighted by atomic mass is 9.62. The molecule has 0 spiro atoms. The van der Waals surface area contributed by atoms with E-state index in [1.54, 1.807) is 12.1 Å². The largest absolute Gasteiger partial charge is 0.508 e. The Morgan fingerprint density at radius 2 is 1.71 bits per heavy atom. The van der Waals surface area contributed by atoms with Gasteiger partial charge in [-0.1, -0.05) is 54.6 Å². The van der Waals surface area contributed by atoms with E-state index in [-0.39, 0.29) is 43.7 Å². The van der Waals surface area contributed by atoms with Crippen LogP contribution in [0.2, 0.25) is 0 Å². The molecular weight excluding hydrogens is 658 g/mol. The Morgan fingerprint density at radius 1 is 1.02 bits per heavy atom. The number of para-hydroxylation sites is 1. The molecular formula is C38H45N3O10. The fourth-order valence-corrected chi connectivity index (χ4v) is 8.64. The summed E-state index contributed by atoms with van der Waals surface area (Å²) in [7, 11) is 0. The minimum atomic E-state index is -1.53. The summed E-state index contributed by atoms with van der Waals surface area (Å²) in [5.74, 6) is -2.09. The van der Waals surface area contributed by atoms with Crippen molar-refractivity contribution in [3.8, 4) is 5.75 Å². The number of phenolic OH excluding ortho intramolecular Hbond substituents is 1. The zero-order valence-corrected chi connectivity index (χ0v) is 28.5. The van der Waals surface area contributed by atoms with Crippen molar-refractivity contribution >= 4 is 23.9 Å². The number of fused-ring (bicyclic) bond motifs is 4. The van der Waals surface area contributed by atoms with Gasteiger partial charge in [-0.15, -0.1) is 0 Å². The van der Waals surface area contributed by atoms with Crippen molar-refractivity contribution in [3.05, 3.63) is 71.3 Å². The number of nitrogens with zero attached hydrogens (tertiary/aromatic N) is 1. The van der Waals surface area contributed by atoms with Crippen LogP contribution in [0.1, 0.15) is 55.7 Å². The van der Waals surface area contributed by atoms with Crippen molar-refractivity contribution in [2.45, 2.75) is 100 Å². The van der Waals surface area contributed by atoms with Gasteiger partial charge in [0.1, 0.15) is 41.6 Å². The maximum Gasteiger partial charge on any atom is 0.327 e. The minimum Gasteiger partial charge on any atom is -0.508 e. The summed E-state index contributed by atoms with van der Waals surface area (Å²) in [6, 6.07) is 12.3.